The fourth-order valence-corrected chi connectivity index (χ4v) is 2.72. The maximum Gasteiger partial charge on any atom is 0.257 e. The smallest absolute Gasteiger partial charge is 0.257 e. The summed E-state index contributed by atoms with van der Waals surface area (Å²) in [7, 11) is 0. The zero-order valence-corrected chi connectivity index (χ0v) is 14.7. The average molecular weight is 381 g/mol. The molecule has 134 valence electrons. The topological polar surface area (TPSA) is 103 Å². The summed E-state index contributed by atoms with van der Waals surface area (Å²) in [5.74, 6) is -0.291. The molecule has 0 aliphatic rings. The first kappa shape index (κ1) is 16.9. The molecule has 0 radical (unpaired) electrons. The van der Waals surface area contributed by atoms with E-state index in [0.717, 1.165) is 5.56 Å². The van der Waals surface area contributed by atoms with Crippen LogP contribution in [0.25, 0.3) is 5.69 Å². The normalized spacial score (nSPS) is 10.7. The molecule has 2 heterocycles. The summed E-state index contributed by atoms with van der Waals surface area (Å²) in [5.41, 5.74) is 2.60. The molecule has 0 saturated heterocycles. The van der Waals surface area contributed by atoms with Crippen LogP contribution in [0, 0.1) is 0 Å². The molecule has 0 bridgehead atoms. The van der Waals surface area contributed by atoms with E-state index >= 15 is 0 Å². The molecule has 4 rings (SSSR count). The summed E-state index contributed by atoms with van der Waals surface area (Å²) in [6.07, 6.45) is 4.54. The van der Waals surface area contributed by atoms with Gasteiger partial charge in [-0.2, -0.15) is 9.78 Å². The Hall–Kier alpha value is -3.59. The van der Waals surface area contributed by atoms with Crippen molar-refractivity contribution in [3.8, 4) is 5.69 Å². The molecule has 4 aromatic rings. The van der Waals surface area contributed by atoms with Crippen LogP contribution < -0.4 is 5.32 Å². The van der Waals surface area contributed by atoms with Gasteiger partial charge in [0.2, 0.25) is 0 Å². The van der Waals surface area contributed by atoms with Gasteiger partial charge in [0.1, 0.15) is 19.0 Å². The zero-order valence-electron chi connectivity index (χ0n) is 13.9. The first-order valence-electron chi connectivity index (χ1n) is 7.95. The Kier molecular flexibility index (Phi) is 4.58. The van der Waals surface area contributed by atoms with Crippen LogP contribution in [0.4, 0.5) is 5.69 Å². The van der Waals surface area contributed by atoms with Crippen LogP contribution in [0.2, 0.25) is 5.02 Å². The molecule has 0 fully saturated rings. The second-order valence-corrected chi connectivity index (χ2v) is 6.10. The van der Waals surface area contributed by atoms with Crippen LogP contribution in [0.3, 0.4) is 0 Å². The molecule has 1 amide bonds. The van der Waals surface area contributed by atoms with Crippen molar-refractivity contribution in [1.82, 2.24) is 35.0 Å². The van der Waals surface area contributed by atoms with Crippen molar-refractivity contribution in [1.29, 1.82) is 0 Å². The van der Waals surface area contributed by atoms with Gasteiger partial charge in [0.25, 0.3) is 5.91 Å². The third-order valence-corrected chi connectivity index (χ3v) is 4.06. The molecule has 0 aliphatic heterocycles. The van der Waals surface area contributed by atoms with Crippen LogP contribution in [-0.4, -0.2) is 40.9 Å². The molecule has 0 saturated carbocycles. The first-order valence-corrected chi connectivity index (χ1v) is 8.32. The lowest BCUT2D eigenvalue weighted by atomic mass is 10.1. The van der Waals surface area contributed by atoms with Crippen LogP contribution in [0.15, 0.2) is 61.4 Å². The minimum atomic E-state index is -0.291. The van der Waals surface area contributed by atoms with Crippen molar-refractivity contribution in [3.63, 3.8) is 0 Å². The summed E-state index contributed by atoms with van der Waals surface area (Å²) in [6, 6.07) is 12.4. The highest BCUT2D eigenvalue weighted by Crippen LogP contribution is 2.21. The Morgan fingerprint density at radius 2 is 1.96 bits per heavy atom. The number of carbonyl (C=O) groups excluding carboxylic acids is 1. The number of hydrogen-bond donors (Lipinski definition) is 1. The Morgan fingerprint density at radius 1 is 1.11 bits per heavy atom. The Balaban J connectivity index is 1.53. The third-order valence-electron chi connectivity index (χ3n) is 3.82. The average Bonchev–Trinajstić information content (AvgIpc) is 3.37. The monoisotopic (exact) mass is 380 g/mol. The Labute approximate surface area is 158 Å². The number of benzene rings is 2. The number of aromatic nitrogens is 7. The minimum Gasteiger partial charge on any atom is -0.322 e. The van der Waals surface area contributed by atoms with Gasteiger partial charge < -0.3 is 5.32 Å². The molecule has 9 nitrogen and oxygen atoms in total. The number of amides is 1. The largest absolute Gasteiger partial charge is 0.322 e. The van der Waals surface area contributed by atoms with Gasteiger partial charge in [0.15, 0.2) is 0 Å². The van der Waals surface area contributed by atoms with E-state index in [-0.39, 0.29) is 5.91 Å². The van der Waals surface area contributed by atoms with Crippen LogP contribution in [0.5, 0.6) is 0 Å². The predicted molar refractivity (Wildman–Crippen MR) is 97.7 cm³/mol. The number of carbonyl (C=O) groups is 1. The summed E-state index contributed by atoms with van der Waals surface area (Å²) in [4.78, 5) is 16.6. The minimum absolute atomic E-state index is 0.291. The standard InChI is InChI=1S/C17H13ClN8O/c18-13-3-6-15(16(7-13)26-11-20-23-24-26)17(27)22-14-4-1-12(2-5-14)8-25-10-19-9-21-25/h1-7,9-11H,8H2,(H,22,27). The zero-order chi connectivity index (χ0) is 18.6. The van der Waals surface area contributed by atoms with Crippen LogP contribution in [-0.2, 0) is 6.54 Å². The maximum atomic E-state index is 12.7. The Morgan fingerprint density at radius 3 is 2.67 bits per heavy atom. The number of tetrazole rings is 1. The molecule has 0 unspecified atom stereocenters. The number of rotatable bonds is 5. The highest BCUT2D eigenvalue weighted by molar-refractivity contribution is 6.31. The molecule has 1 N–H and O–H groups in total. The van der Waals surface area contributed by atoms with E-state index in [9.17, 15) is 4.79 Å². The summed E-state index contributed by atoms with van der Waals surface area (Å²) < 4.78 is 3.11. The van der Waals surface area contributed by atoms with Crippen LogP contribution >= 0.6 is 11.6 Å². The van der Waals surface area contributed by atoms with Gasteiger partial charge in [0, 0.05) is 10.7 Å². The second-order valence-electron chi connectivity index (χ2n) is 5.66. The van der Waals surface area contributed by atoms with Gasteiger partial charge in [-0.15, -0.1) is 5.10 Å². The summed E-state index contributed by atoms with van der Waals surface area (Å²) >= 11 is 6.05. The fraction of sp³-hybridized carbons (Fsp3) is 0.0588. The van der Waals surface area contributed by atoms with Gasteiger partial charge in [-0.3, -0.25) is 4.79 Å². The fourth-order valence-electron chi connectivity index (χ4n) is 2.55. The van der Waals surface area contributed by atoms with E-state index in [2.05, 4.69) is 30.9 Å². The number of nitrogens with one attached hydrogen (secondary N) is 1. The summed E-state index contributed by atoms with van der Waals surface area (Å²) in [6.45, 7) is 0.606. The van der Waals surface area contributed by atoms with Gasteiger partial charge in [-0.25, -0.2) is 9.67 Å². The molecule has 2 aromatic carbocycles. The number of halogens is 1. The van der Waals surface area contributed by atoms with Gasteiger partial charge in [-0.1, -0.05) is 23.7 Å². The Bertz CT molecular complexity index is 1050. The first-order chi connectivity index (χ1) is 13.2. The molecular formula is C17H13ClN8O. The van der Waals surface area contributed by atoms with Crippen molar-refractivity contribution in [2.75, 3.05) is 5.32 Å². The van der Waals surface area contributed by atoms with E-state index < -0.39 is 0 Å². The molecule has 0 aliphatic carbocycles. The van der Waals surface area contributed by atoms with E-state index in [4.69, 9.17) is 11.6 Å². The van der Waals surface area contributed by atoms with E-state index in [1.54, 1.807) is 29.2 Å². The highest BCUT2D eigenvalue weighted by atomic mass is 35.5. The van der Waals surface area contributed by atoms with Crippen molar-refractivity contribution in [2.24, 2.45) is 0 Å². The molecule has 10 heteroatoms. The van der Waals surface area contributed by atoms with E-state index in [1.807, 2.05) is 24.3 Å². The lowest BCUT2D eigenvalue weighted by molar-refractivity contribution is 0.102. The van der Waals surface area contributed by atoms with Gasteiger partial charge in [0.05, 0.1) is 17.8 Å². The third kappa shape index (κ3) is 3.82. The van der Waals surface area contributed by atoms with Crippen molar-refractivity contribution < 1.29 is 4.79 Å². The molecule has 0 spiro atoms. The lowest BCUT2D eigenvalue weighted by Gasteiger charge is -2.10. The van der Waals surface area contributed by atoms with Gasteiger partial charge in [-0.05, 0) is 46.3 Å². The molecule has 27 heavy (non-hydrogen) atoms. The van der Waals surface area contributed by atoms with Crippen molar-refractivity contribution >= 4 is 23.2 Å². The maximum absolute atomic E-state index is 12.7. The van der Waals surface area contributed by atoms with Crippen LogP contribution in [0.1, 0.15) is 15.9 Å². The highest BCUT2D eigenvalue weighted by Gasteiger charge is 2.15. The van der Waals surface area contributed by atoms with E-state index in [1.165, 1.54) is 17.3 Å². The number of anilines is 1. The molecular weight excluding hydrogens is 368 g/mol. The van der Waals surface area contributed by atoms with Crippen molar-refractivity contribution in [2.45, 2.75) is 6.54 Å². The number of nitrogens with zero attached hydrogens (tertiary/aromatic N) is 7. The molecule has 0 atom stereocenters. The van der Waals surface area contributed by atoms with E-state index in [0.29, 0.717) is 28.5 Å². The SMILES string of the molecule is O=C(Nc1ccc(Cn2cncn2)cc1)c1ccc(Cl)cc1-n1cnnn1. The lowest BCUT2D eigenvalue weighted by Crippen LogP contribution is -2.15. The molecule has 2 aromatic heterocycles. The summed E-state index contributed by atoms with van der Waals surface area (Å²) in [5, 5.41) is 18.4. The quantitative estimate of drug-likeness (QED) is 0.569. The number of hydrogen-bond acceptors (Lipinski definition) is 6. The van der Waals surface area contributed by atoms with Gasteiger partial charge >= 0.3 is 0 Å². The van der Waals surface area contributed by atoms with Crippen molar-refractivity contribution in [3.05, 3.63) is 77.6 Å². The second kappa shape index (κ2) is 7.34. The predicted octanol–water partition coefficient (Wildman–Crippen LogP) is 2.21.